The molecule has 4 rings (SSSR count). The molecule has 180 valence electrons. The van der Waals surface area contributed by atoms with Gasteiger partial charge in [0.25, 0.3) is 0 Å². The number of halogens is 4. The van der Waals surface area contributed by atoms with Gasteiger partial charge < -0.3 is 9.64 Å². The maximum absolute atomic E-state index is 13.4. The second-order valence-corrected chi connectivity index (χ2v) is 9.65. The molecule has 1 saturated heterocycles. The number of benzene rings is 3. The molecular weight excluding hydrogens is 481 g/mol. The van der Waals surface area contributed by atoms with Gasteiger partial charge in [-0.25, -0.2) is 0 Å². The summed E-state index contributed by atoms with van der Waals surface area (Å²) >= 11 is 7.73. The van der Waals surface area contributed by atoms with Gasteiger partial charge >= 0.3 is 6.18 Å². The Morgan fingerprint density at radius 3 is 2.32 bits per heavy atom. The molecule has 1 heterocycles. The van der Waals surface area contributed by atoms with Crippen LogP contribution in [-0.2, 0) is 6.18 Å². The molecule has 0 N–H and O–H groups in total. The lowest BCUT2D eigenvalue weighted by atomic mass is 10.0. The first-order chi connectivity index (χ1) is 16.3. The molecule has 3 aromatic rings. The van der Waals surface area contributed by atoms with Crippen LogP contribution in [0, 0.1) is 0 Å². The van der Waals surface area contributed by atoms with E-state index >= 15 is 0 Å². The van der Waals surface area contributed by atoms with Crippen molar-refractivity contribution >= 4 is 29.1 Å². The summed E-state index contributed by atoms with van der Waals surface area (Å²) in [6, 6.07) is 20.3. The minimum atomic E-state index is -4.36. The van der Waals surface area contributed by atoms with E-state index in [0.29, 0.717) is 35.3 Å². The van der Waals surface area contributed by atoms with Crippen molar-refractivity contribution in [2.24, 2.45) is 0 Å². The van der Waals surface area contributed by atoms with Gasteiger partial charge in [-0.2, -0.15) is 24.9 Å². The number of nitrogens with zero attached hydrogens (tertiary/aromatic N) is 2. The molecule has 1 atom stereocenters. The van der Waals surface area contributed by atoms with Crippen LogP contribution in [0.4, 0.5) is 18.9 Å². The predicted molar refractivity (Wildman–Crippen MR) is 134 cm³/mol. The summed E-state index contributed by atoms with van der Waals surface area (Å²) in [5, 5.41) is 0.638. The second-order valence-electron chi connectivity index (χ2n) is 8.22. The summed E-state index contributed by atoms with van der Waals surface area (Å²) in [5.41, 5.74) is 0.999. The molecule has 1 aliphatic heterocycles. The van der Waals surface area contributed by atoms with Crippen LogP contribution < -0.4 is 9.64 Å². The number of anilines is 1. The first-order valence-corrected chi connectivity index (χ1v) is 12.8. The fourth-order valence-corrected chi connectivity index (χ4v) is 4.67. The molecule has 0 spiro atoms. The van der Waals surface area contributed by atoms with E-state index in [4.69, 9.17) is 16.3 Å². The second kappa shape index (κ2) is 10.9. The van der Waals surface area contributed by atoms with E-state index in [2.05, 4.69) is 16.1 Å². The average Bonchev–Trinajstić information content (AvgIpc) is 3.25. The summed E-state index contributed by atoms with van der Waals surface area (Å²) < 4.78 is 46.0. The number of rotatable bonds is 8. The normalized spacial score (nSPS) is 16.7. The largest absolute Gasteiger partial charge is 0.457 e. The number of ether oxygens (including phenoxy) is 1. The van der Waals surface area contributed by atoms with E-state index in [1.807, 2.05) is 24.3 Å². The Labute approximate surface area is 207 Å². The van der Waals surface area contributed by atoms with Crippen molar-refractivity contribution in [3.8, 4) is 11.5 Å². The third-order valence-electron chi connectivity index (χ3n) is 5.80. The predicted octanol–water partition coefficient (Wildman–Crippen LogP) is 7.73. The van der Waals surface area contributed by atoms with Gasteiger partial charge in [-0.1, -0.05) is 23.7 Å². The molecule has 3 nitrogen and oxygen atoms in total. The third-order valence-corrected chi connectivity index (χ3v) is 6.75. The topological polar surface area (TPSA) is 15.7 Å². The van der Waals surface area contributed by atoms with Crippen LogP contribution in [0.25, 0.3) is 0 Å². The Morgan fingerprint density at radius 2 is 1.68 bits per heavy atom. The molecule has 1 fully saturated rings. The first-order valence-electron chi connectivity index (χ1n) is 11.0. The zero-order chi connectivity index (χ0) is 24.1. The summed E-state index contributed by atoms with van der Waals surface area (Å²) in [6.45, 7) is 2.25. The van der Waals surface area contributed by atoms with Gasteiger partial charge in [0, 0.05) is 23.8 Å². The molecule has 8 heteroatoms. The smallest absolute Gasteiger partial charge is 0.416 e. The summed E-state index contributed by atoms with van der Waals surface area (Å²) in [6.07, 6.45) is -1.24. The highest BCUT2D eigenvalue weighted by molar-refractivity contribution is 7.98. The number of thioether (sulfide) groups is 1. The average molecular weight is 507 g/mol. The first kappa shape index (κ1) is 24.8. The van der Waals surface area contributed by atoms with Gasteiger partial charge in [-0.15, -0.1) is 0 Å². The molecule has 0 aliphatic carbocycles. The Morgan fingerprint density at radius 1 is 1.00 bits per heavy atom. The van der Waals surface area contributed by atoms with E-state index in [1.54, 1.807) is 42.1 Å². The van der Waals surface area contributed by atoms with Gasteiger partial charge in [0.1, 0.15) is 11.5 Å². The highest BCUT2D eigenvalue weighted by atomic mass is 35.5. The standard InChI is InChI=1S/C26H26ClF3N2OS/c1-34-15-3-14-31-17-25(19-4-2-5-20(16-19)26(28,29)30)32(18-31)22-8-12-24(13-9-22)33-23-10-6-21(27)7-11-23/h2,4-13,16,25H,3,14-15,17-18H2,1H3/t25-/m1/s1. The molecule has 1 aliphatic rings. The lowest BCUT2D eigenvalue weighted by Gasteiger charge is -2.27. The number of hydrogen-bond acceptors (Lipinski definition) is 4. The zero-order valence-corrected chi connectivity index (χ0v) is 20.3. The minimum Gasteiger partial charge on any atom is -0.457 e. The monoisotopic (exact) mass is 506 g/mol. The van der Waals surface area contributed by atoms with Crippen molar-refractivity contribution in [1.82, 2.24) is 4.90 Å². The maximum atomic E-state index is 13.4. The molecule has 0 aromatic heterocycles. The quantitative estimate of drug-likeness (QED) is 0.290. The number of hydrogen-bond donors (Lipinski definition) is 0. The van der Waals surface area contributed by atoms with E-state index in [1.165, 1.54) is 12.1 Å². The van der Waals surface area contributed by atoms with Crippen LogP contribution in [0.15, 0.2) is 72.8 Å². The van der Waals surface area contributed by atoms with Crippen LogP contribution in [-0.4, -0.2) is 36.7 Å². The van der Waals surface area contributed by atoms with Gasteiger partial charge in [0.05, 0.1) is 18.3 Å². The summed E-state index contributed by atoms with van der Waals surface area (Å²) in [4.78, 5) is 4.47. The van der Waals surface area contributed by atoms with E-state index in [0.717, 1.165) is 30.5 Å². The van der Waals surface area contributed by atoms with Gasteiger partial charge in [0.15, 0.2) is 0 Å². The molecule has 34 heavy (non-hydrogen) atoms. The van der Waals surface area contributed by atoms with Gasteiger partial charge in [0.2, 0.25) is 0 Å². The summed E-state index contributed by atoms with van der Waals surface area (Å²) in [5.74, 6) is 2.42. The SMILES string of the molecule is CSCCCN1C[C@H](c2cccc(C(F)(F)F)c2)N(c2ccc(Oc3ccc(Cl)cc3)cc2)C1. The van der Waals surface area contributed by atoms with Crippen molar-refractivity contribution in [1.29, 1.82) is 0 Å². The molecule has 0 radical (unpaired) electrons. The molecule has 0 bridgehead atoms. The highest BCUT2D eigenvalue weighted by Crippen LogP contribution is 2.37. The minimum absolute atomic E-state index is 0.167. The van der Waals surface area contributed by atoms with E-state index in [9.17, 15) is 13.2 Å². The van der Waals surface area contributed by atoms with Crippen LogP contribution in [0.3, 0.4) is 0 Å². The van der Waals surface area contributed by atoms with Crippen LogP contribution in [0.1, 0.15) is 23.6 Å². The third kappa shape index (κ3) is 6.20. The van der Waals surface area contributed by atoms with E-state index < -0.39 is 11.7 Å². The number of alkyl halides is 3. The van der Waals surface area contributed by atoms with Gasteiger partial charge in [-0.05, 0) is 84.7 Å². The molecule has 0 saturated carbocycles. The fourth-order valence-electron chi connectivity index (χ4n) is 4.12. The summed E-state index contributed by atoms with van der Waals surface area (Å²) in [7, 11) is 0. The lowest BCUT2D eigenvalue weighted by Crippen LogP contribution is -2.27. The molecule has 0 unspecified atom stereocenters. The zero-order valence-electron chi connectivity index (χ0n) is 18.8. The lowest BCUT2D eigenvalue weighted by molar-refractivity contribution is -0.137. The van der Waals surface area contributed by atoms with Crippen molar-refractivity contribution in [2.45, 2.75) is 18.6 Å². The van der Waals surface area contributed by atoms with Crippen molar-refractivity contribution in [3.05, 3.63) is 88.9 Å². The van der Waals surface area contributed by atoms with Crippen LogP contribution in [0.2, 0.25) is 5.02 Å². The van der Waals surface area contributed by atoms with E-state index in [-0.39, 0.29) is 6.04 Å². The van der Waals surface area contributed by atoms with Crippen molar-refractivity contribution in [3.63, 3.8) is 0 Å². The fraction of sp³-hybridized carbons (Fsp3) is 0.308. The Kier molecular flexibility index (Phi) is 7.96. The van der Waals surface area contributed by atoms with Crippen LogP contribution in [0.5, 0.6) is 11.5 Å². The van der Waals surface area contributed by atoms with Gasteiger partial charge in [-0.3, -0.25) is 4.90 Å². The van der Waals surface area contributed by atoms with Crippen molar-refractivity contribution < 1.29 is 17.9 Å². The van der Waals surface area contributed by atoms with Crippen LogP contribution >= 0.6 is 23.4 Å². The van der Waals surface area contributed by atoms with Crippen molar-refractivity contribution in [2.75, 3.05) is 36.7 Å². The Hall–Kier alpha value is -2.35. The Balaban J connectivity index is 1.56. The maximum Gasteiger partial charge on any atom is 0.416 e. The molecule has 0 amide bonds. The molecule has 3 aromatic carbocycles. The molecular formula is C26H26ClF3N2OS. The highest BCUT2D eigenvalue weighted by Gasteiger charge is 2.35. The Bertz CT molecular complexity index is 1080.